The van der Waals surface area contributed by atoms with Gasteiger partial charge in [0.25, 0.3) is 0 Å². The van der Waals surface area contributed by atoms with Crippen LogP contribution in [0.15, 0.2) is 30.3 Å². The molecule has 0 aliphatic heterocycles. The summed E-state index contributed by atoms with van der Waals surface area (Å²) in [5.74, 6) is -1.43. The molecule has 1 aromatic rings. The second-order valence-electron chi connectivity index (χ2n) is 5.75. The van der Waals surface area contributed by atoms with Crippen LogP contribution in [0.5, 0.6) is 0 Å². The Morgan fingerprint density at radius 1 is 1.17 bits per heavy atom. The fourth-order valence-electron chi connectivity index (χ4n) is 2.26. The summed E-state index contributed by atoms with van der Waals surface area (Å²) in [6.45, 7) is 3.84. The first-order valence-corrected chi connectivity index (χ1v) is 7.76. The number of carbonyl (C=O) groups excluding carboxylic acids is 1. The zero-order valence-corrected chi connectivity index (χ0v) is 13.9. The highest BCUT2D eigenvalue weighted by Gasteiger charge is 2.25. The van der Waals surface area contributed by atoms with Crippen LogP contribution in [0.1, 0.15) is 25.8 Å². The molecule has 3 N–H and O–H groups in total. The summed E-state index contributed by atoms with van der Waals surface area (Å²) in [6, 6.07) is 8.51. The lowest BCUT2D eigenvalue weighted by Gasteiger charge is -2.23. The average Bonchev–Trinajstić information content (AvgIpc) is 2.51. The molecule has 2 atom stereocenters. The highest BCUT2D eigenvalue weighted by molar-refractivity contribution is 5.87. The van der Waals surface area contributed by atoms with Crippen LogP contribution in [-0.4, -0.2) is 48.8 Å². The molecule has 23 heavy (non-hydrogen) atoms. The Balaban J connectivity index is 2.67. The van der Waals surface area contributed by atoms with Crippen molar-refractivity contribution >= 4 is 11.9 Å². The van der Waals surface area contributed by atoms with Crippen molar-refractivity contribution < 1.29 is 19.4 Å². The van der Waals surface area contributed by atoms with Gasteiger partial charge in [-0.05, 0) is 18.4 Å². The number of amides is 1. The van der Waals surface area contributed by atoms with Gasteiger partial charge in [-0.1, -0.05) is 44.2 Å². The van der Waals surface area contributed by atoms with Crippen molar-refractivity contribution in [2.24, 2.45) is 0 Å². The molecule has 128 valence electrons. The van der Waals surface area contributed by atoms with Gasteiger partial charge in [-0.15, -0.1) is 0 Å². The number of benzene rings is 1. The van der Waals surface area contributed by atoms with Gasteiger partial charge in [-0.2, -0.15) is 0 Å². The van der Waals surface area contributed by atoms with Crippen LogP contribution < -0.4 is 10.6 Å². The largest absolute Gasteiger partial charge is 0.480 e. The first kappa shape index (κ1) is 19.1. The van der Waals surface area contributed by atoms with Gasteiger partial charge in [-0.25, -0.2) is 4.79 Å². The van der Waals surface area contributed by atoms with Crippen molar-refractivity contribution in [3.63, 3.8) is 0 Å². The standard InChI is InChI=1S/C17H26N2O4/c1-12(2)18-14(10-9-13-7-5-4-6-8-13)16(20)19-15(11-23-3)17(21)22/h4-8,12,14-15,18H,9-11H2,1-3H3,(H,19,20)(H,21,22)/t14-,15-/m0/s1. The van der Waals surface area contributed by atoms with E-state index in [1.54, 1.807) is 0 Å². The SMILES string of the molecule is COC[C@H](NC(=O)[C@H](CCc1ccccc1)NC(C)C)C(=O)O. The normalized spacial score (nSPS) is 13.6. The monoisotopic (exact) mass is 322 g/mol. The minimum atomic E-state index is -1.11. The lowest BCUT2D eigenvalue weighted by molar-refractivity contribution is -0.143. The lowest BCUT2D eigenvalue weighted by atomic mass is 10.0. The van der Waals surface area contributed by atoms with E-state index in [-0.39, 0.29) is 18.6 Å². The number of carboxylic acids is 1. The minimum Gasteiger partial charge on any atom is -0.480 e. The molecule has 0 aliphatic rings. The van der Waals surface area contributed by atoms with Crippen molar-refractivity contribution in [3.05, 3.63) is 35.9 Å². The van der Waals surface area contributed by atoms with Crippen molar-refractivity contribution in [2.75, 3.05) is 13.7 Å². The first-order valence-electron chi connectivity index (χ1n) is 7.76. The van der Waals surface area contributed by atoms with Crippen molar-refractivity contribution in [3.8, 4) is 0 Å². The highest BCUT2D eigenvalue weighted by Crippen LogP contribution is 2.06. The number of aryl methyl sites for hydroxylation is 1. The molecule has 0 saturated heterocycles. The van der Waals surface area contributed by atoms with Gasteiger partial charge in [0.1, 0.15) is 0 Å². The Bertz CT molecular complexity index is 491. The zero-order valence-electron chi connectivity index (χ0n) is 13.9. The highest BCUT2D eigenvalue weighted by atomic mass is 16.5. The second-order valence-corrected chi connectivity index (χ2v) is 5.75. The summed E-state index contributed by atoms with van der Waals surface area (Å²) in [4.78, 5) is 23.5. The Morgan fingerprint density at radius 2 is 1.83 bits per heavy atom. The van der Waals surface area contributed by atoms with Crippen LogP contribution in [0.3, 0.4) is 0 Å². The number of methoxy groups -OCH3 is 1. The van der Waals surface area contributed by atoms with E-state index < -0.39 is 18.1 Å². The molecule has 0 unspecified atom stereocenters. The lowest BCUT2D eigenvalue weighted by Crippen LogP contribution is -2.53. The Labute approximate surface area is 137 Å². The number of rotatable bonds is 10. The van der Waals surface area contributed by atoms with Gasteiger partial charge in [0.2, 0.25) is 5.91 Å². The smallest absolute Gasteiger partial charge is 0.328 e. The van der Waals surface area contributed by atoms with E-state index in [0.717, 1.165) is 12.0 Å². The van der Waals surface area contributed by atoms with Crippen molar-refractivity contribution in [1.29, 1.82) is 0 Å². The number of aliphatic carboxylic acids is 1. The third-order valence-corrected chi connectivity index (χ3v) is 3.36. The van der Waals surface area contributed by atoms with E-state index >= 15 is 0 Å². The number of nitrogens with one attached hydrogen (secondary N) is 2. The molecule has 0 bridgehead atoms. The predicted octanol–water partition coefficient (Wildman–Crippen LogP) is 1.20. The van der Waals surface area contributed by atoms with Crippen LogP contribution in [-0.2, 0) is 20.7 Å². The van der Waals surface area contributed by atoms with Crippen LogP contribution >= 0.6 is 0 Å². The molecule has 6 heteroatoms. The van der Waals surface area contributed by atoms with E-state index in [1.807, 2.05) is 44.2 Å². The number of carbonyl (C=O) groups is 2. The van der Waals surface area contributed by atoms with Crippen molar-refractivity contribution in [1.82, 2.24) is 10.6 Å². The molecule has 1 amide bonds. The molecule has 0 aromatic heterocycles. The topological polar surface area (TPSA) is 87.7 Å². The third-order valence-electron chi connectivity index (χ3n) is 3.36. The van der Waals surface area contributed by atoms with Gasteiger partial charge >= 0.3 is 5.97 Å². The molecule has 0 radical (unpaired) electrons. The van der Waals surface area contributed by atoms with Crippen LogP contribution in [0, 0.1) is 0 Å². The molecule has 6 nitrogen and oxygen atoms in total. The van der Waals surface area contributed by atoms with E-state index in [2.05, 4.69) is 10.6 Å². The molecule has 1 aromatic carbocycles. The summed E-state index contributed by atoms with van der Waals surface area (Å²) < 4.78 is 4.84. The second kappa shape index (κ2) is 9.97. The average molecular weight is 322 g/mol. The number of hydrogen-bond acceptors (Lipinski definition) is 4. The summed E-state index contributed by atoms with van der Waals surface area (Å²) in [6.07, 6.45) is 1.33. The number of hydrogen-bond donors (Lipinski definition) is 3. The first-order chi connectivity index (χ1) is 10.9. The van der Waals surface area contributed by atoms with E-state index in [9.17, 15) is 9.59 Å². The molecular formula is C17H26N2O4. The van der Waals surface area contributed by atoms with E-state index in [1.165, 1.54) is 7.11 Å². The van der Waals surface area contributed by atoms with Gasteiger partial charge in [0.05, 0.1) is 12.6 Å². The van der Waals surface area contributed by atoms with E-state index in [0.29, 0.717) is 6.42 Å². The summed E-state index contributed by atoms with van der Waals surface area (Å²) in [7, 11) is 1.40. The van der Waals surface area contributed by atoms with E-state index in [4.69, 9.17) is 9.84 Å². The van der Waals surface area contributed by atoms with Gasteiger partial charge in [-0.3, -0.25) is 4.79 Å². The van der Waals surface area contributed by atoms with Crippen molar-refractivity contribution in [2.45, 2.75) is 44.8 Å². The number of carboxylic acid groups (broad SMARTS) is 1. The molecule has 0 spiro atoms. The molecule has 0 fully saturated rings. The Kier molecular flexibility index (Phi) is 8.29. The molecule has 1 rings (SSSR count). The Hall–Kier alpha value is -1.92. The van der Waals surface area contributed by atoms with Gasteiger partial charge < -0.3 is 20.5 Å². The maximum Gasteiger partial charge on any atom is 0.328 e. The fraction of sp³-hybridized carbons (Fsp3) is 0.529. The third kappa shape index (κ3) is 7.25. The number of ether oxygens (including phenoxy) is 1. The summed E-state index contributed by atoms with van der Waals surface area (Å²) in [5, 5.41) is 14.8. The molecule has 0 aliphatic carbocycles. The Morgan fingerprint density at radius 3 is 2.35 bits per heavy atom. The maximum atomic E-state index is 12.4. The zero-order chi connectivity index (χ0) is 17.2. The van der Waals surface area contributed by atoms with Gasteiger partial charge in [0.15, 0.2) is 6.04 Å². The summed E-state index contributed by atoms with van der Waals surface area (Å²) >= 11 is 0. The van der Waals surface area contributed by atoms with Crippen LogP contribution in [0.2, 0.25) is 0 Å². The van der Waals surface area contributed by atoms with Gasteiger partial charge in [0, 0.05) is 13.2 Å². The van der Waals surface area contributed by atoms with Crippen LogP contribution in [0.25, 0.3) is 0 Å². The predicted molar refractivity (Wildman–Crippen MR) is 88.3 cm³/mol. The summed E-state index contributed by atoms with van der Waals surface area (Å²) in [5.41, 5.74) is 1.14. The van der Waals surface area contributed by atoms with Crippen LogP contribution in [0.4, 0.5) is 0 Å². The molecule has 0 saturated carbocycles. The fourth-order valence-corrected chi connectivity index (χ4v) is 2.26. The maximum absolute atomic E-state index is 12.4. The molecular weight excluding hydrogens is 296 g/mol. The molecule has 0 heterocycles. The minimum absolute atomic E-state index is 0.0614. The quantitative estimate of drug-likeness (QED) is 0.602.